The molecule has 2 rings (SSSR count). The van der Waals surface area contributed by atoms with Crippen LogP contribution in [0.3, 0.4) is 0 Å². The smallest absolute Gasteiger partial charge is 0.0232 e. The quantitative estimate of drug-likeness (QED) is 0.664. The largest absolute Gasteiger partial charge is 0.246 e. The topological polar surface area (TPSA) is 3.24 Å². The SMILES string of the molecule is Cc1cccc(SN2CCCC2)c1. The van der Waals surface area contributed by atoms with E-state index >= 15 is 0 Å². The molecular weight excluding hydrogens is 178 g/mol. The third-order valence-corrected chi connectivity index (χ3v) is 3.38. The molecule has 0 spiro atoms. The van der Waals surface area contributed by atoms with E-state index in [4.69, 9.17) is 0 Å². The van der Waals surface area contributed by atoms with E-state index in [0.29, 0.717) is 0 Å². The summed E-state index contributed by atoms with van der Waals surface area (Å²) in [6, 6.07) is 8.72. The number of nitrogens with zero attached hydrogens (tertiary/aromatic N) is 1. The molecule has 1 aromatic rings. The minimum Gasteiger partial charge on any atom is -0.246 e. The van der Waals surface area contributed by atoms with Gasteiger partial charge in [-0.2, -0.15) is 0 Å². The van der Waals surface area contributed by atoms with Crippen molar-refractivity contribution in [2.45, 2.75) is 24.7 Å². The molecule has 0 bridgehead atoms. The number of benzene rings is 1. The molecule has 0 amide bonds. The molecule has 0 unspecified atom stereocenters. The summed E-state index contributed by atoms with van der Waals surface area (Å²) in [6.45, 7) is 4.64. The minimum atomic E-state index is 1.25. The molecule has 13 heavy (non-hydrogen) atoms. The van der Waals surface area contributed by atoms with E-state index in [1.54, 1.807) is 0 Å². The van der Waals surface area contributed by atoms with Crippen LogP contribution in [0.4, 0.5) is 0 Å². The van der Waals surface area contributed by atoms with Gasteiger partial charge in [-0.05, 0) is 49.4 Å². The Bertz CT molecular complexity index is 279. The van der Waals surface area contributed by atoms with Crippen LogP contribution < -0.4 is 0 Å². The average Bonchev–Trinajstić information content (AvgIpc) is 2.57. The lowest BCUT2D eigenvalue weighted by molar-refractivity contribution is 0.586. The van der Waals surface area contributed by atoms with Gasteiger partial charge < -0.3 is 0 Å². The summed E-state index contributed by atoms with van der Waals surface area (Å²) in [5, 5.41) is 0. The summed E-state index contributed by atoms with van der Waals surface area (Å²) >= 11 is 1.90. The van der Waals surface area contributed by atoms with Crippen molar-refractivity contribution in [2.75, 3.05) is 13.1 Å². The summed E-state index contributed by atoms with van der Waals surface area (Å²) in [5.41, 5.74) is 1.35. The van der Waals surface area contributed by atoms with E-state index in [-0.39, 0.29) is 0 Å². The summed E-state index contributed by atoms with van der Waals surface area (Å²) in [4.78, 5) is 1.38. The van der Waals surface area contributed by atoms with Crippen LogP contribution in [0.5, 0.6) is 0 Å². The maximum Gasteiger partial charge on any atom is 0.0232 e. The van der Waals surface area contributed by atoms with Crippen molar-refractivity contribution in [1.82, 2.24) is 4.31 Å². The summed E-state index contributed by atoms with van der Waals surface area (Å²) in [5.74, 6) is 0. The standard InChI is InChI=1S/C11H15NS/c1-10-5-4-6-11(9-10)13-12-7-2-3-8-12/h4-6,9H,2-3,7-8H2,1H3. The number of rotatable bonds is 2. The Morgan fingerprint density at radius 2 is 2.00 bits per heavy atom. The molecule has 1 aliphatic heterocycles. The average molecular weight is 193 g/mol. The zero-order valence-electron chi connectivity index (χ0n) is 7.99. The van der Waals surface area contributed by atoms with Crippen LogP contribution in [0, 0.1) is 6.92 Å². The van der Waals surface area contributed by atoms with E-state index in [2.05, 4.69) is 35.5 Å². The van der Waals surface area contributed by atoms with E-state index in [1.165, 1.54) is 36.4 Å². The second kappa shape index (κ2) is 4.16. The predicted molar refractivity (Wildman–Crippen MR) is 57.8 cm³/mol. The molecular formula is C11H15NS. The highest BCUT2D eigenvalue weighted by Crippen LogP contribution is 2.26. The van der Waals surface area contributed by atoms with E-state index in [1.807, 2.05) is 11.9 Å². The van der Waals surface area contributed by atoms with Crippen molar-refractivity contribution in [2.24, 2.45) is 0 Å². The zero-order valence-corrected chi connectivity index (χ0v) is 8.81. The monoisotopic (exact) mass is 193 g/mol. The first-order valence-electron chi connectivity index (χ1n) is 4.84. The Labute approximate surface area is 84.3 Å². The molecule has 0 aromatic heterocycles. The first-order valence-corrected chi connectivity index (χ1v) is 5.61. The fraction of sp³-hybridized carbons (Fsp3) is 0.455. The lowest BCUT2D eigenvalue weighted by atomic mass is 10.2. The van der Waals surface area contributed by atoms with Gasteiger partial charge in [0, 0.05) is 18.0 Å². The second-order valence-electron chi connectivity index (χ2n) is 3.54. The molecule has 1 aliphatic rings. The molecule has 0 atom stereocenters. The normalized spacial score (nSPS) is 17.9. The fourth-order valence-electron chi connectivity index (χ4n) is 1.60. The maximum absolute atomic E-state index is 2.45. The molecule has 0 N–H and O–H groups in total. The highest BCUT2D eigenvalue weighted by molar-refractivity contribution is 7.97. The molecule has 1 aromatic carbocycles. The molecule has 0 radical (unpaired) electrons. The Hall–Kier alpha value is -0.470. The molecule has 2 heteroatoms. The molecule has 1 heterocycles. The minimum absolute atomic E-state index is 1.25. The van der Waals surface area contributed by atoms with Gasteiger partial charge in [0.15, 0.2) is 0 Å². The van der Waals surface area contributed by atoms with Crippen LogP contribution in [0.2, 0.25) is 0 Å². The maximum atomic E-state index is 2.45. The Balaban J connectivity index is 2.00. The van der Waals surface area contributed by atoms with Crippen molar-refractivity contribution in [3.05, 3.63) is 29.8 Å². The van der Waals surface area contributed by atoms with Crippen LogP contribution in [0.25, 0.3) is 0 Å². The van der Waals surface area contributed by atoms with Crippen molar-refractivity contribution in [3.63, 3.8) is 0 Å². The van der Waals surface area contributed by atoms with Crippen molar-refractivity contribution in [1.29, 1.82) is 0 Å². The Kier molecular flexibility index (Phi) is 2.91. The fourth-order valence-corrected chi connectivity index (χ4v) is 2.72. The summed E-state index contributed by atoms with van der Waals surface area (Å²) < 4.78 is 2.45. The van der Waals surface area contributed by atoms with Gasteiger partial charge in [0.25, 0.3) is 0 Å². The zero-order chi connectivity index (χ0) is 9.10. The first kappa shape index (κ1) is 9.10. The molecule has 0 aliphatic carbocycles. The lowest BCUT2D eigenvalue weighted by Crippen LogP contribution is -2.08. The second-order valence-corrected chi connectivity index (χ2v) is 4.71. The molecule has 70 valence electrons. The highest BCUT2D eigenvalue weighted by atomic mass is 32.2. The molecule has 0 saturated carbocycles. The van der Waals surface area contributed by atoms with Gasteiger partial charge in [-0.15, -0.1) is 0 Å². The van der Waals surface area contributed by atoms with Crippen LogP contribution in [0.15, 0.2) is 29.2 Å². The molecule has 1 saturated heterocycles. The van der Waals surface area contributed by atoms with Gasteiger partial charge in [-0.25, -0.2) is 4.31 Å². The number of hydrogen-bond donors (Lipinski definition) is 0. The lowest BCUT2D eigenvalue weighted by Gasteiger charge is -2.12. The third kappa shape index (κ3) is 2.48. The highest BCUT2D eigenvalue weighted by Gasteiger charge is 2.12. The van der Waals surface area contributed by atoms with Crippen LogP contribution >= 0.6 is 11.9 Å². The number of hydrogen-bond acceptors (Lipinski definition) is 2. The van der Waals surface area contributed by atoms with Gasteiger partial charge >= 0.3 is 0 Å². The van der Waals surface area contributed by atoms with E-state index in [9.17, 15) is 0 Å². The Morgan fingerprint density at radius 1 is 1.23 bits per heavy atom. The van der Waals surface area contributed by atoms with Crippen LogP contribution in [0.1, 0.15) is 18.4 Å². The van der Waals surface area contributed by atoms with Gasteiger partial charge in [0.1, 0.15) is 0 Å². The van der Waals surface area contributed by atoms with Gasteiger partial charge in [0.05, 0.1) is 0 Å². The number of aryl methyl sites for hydroxylation is 1. The van der Waals surface area contributed by atoms with Gasteiger partial charge in [0.2, 0.25) is 0 Å². The van der Waals surface area contributed by atoms with Crippen LogP contribution in [-0.4, -0.2) is 17.4 Å². The van der Waals surface area contributed by atoms with Crippen LogP contribution in [-0.2, 0) is 0 Å². The van der Waals surface area contributed by atoms with Crippen molar-refractivity contribution in [3.8, 4) is 0 Å². The van der Waals surface area contributed by atoms with Crippen molar-refractivity contribution < 1.29 is 0 Å². The van der Waals surface area contributed by atoms with Gasteiger partial charge in [-0.3, -0.25) is 0 Å². The van der Waals surface area contributed by atoms with Gasteiger partial charge in [-0.1, -0.05) is 12.1 Å². The summed E-state index contributed by atoms with van der Waals surface area (Å²) in [7, 11) is 0. The predicted octanol–water partition coefficient (Wildman–Crippen LogP) is 3.10. The van der Waals surface area contributed by atoms with E-state index < -0.39 is 0 Å². The molecule has 1 nitrogen and oxygen atoms in total. The Morgan fingerprint density at radius 3 is 2.69 bits per heavy atom. The third-order valence-electron chi connectivity index (χ3n) is 2.29. The van der Waals surface area contributed by atoms with Crippen molar-refractivity contribution >= 4 is 11.9 Å². The first-order chi connectivity index (χ1) is 6.34. The summed E-state index contributed by atoms with van der Waals surface area (Å²) in [6.07, 6.45) is 2.72. The van der Waals surface area contributed by atoms with E-state index in [0.717, 1.165) is 0 Å². The molecule has 1 fully saturated rings.